The quantitative estimate of drug-likeness (QED) is 0.708. The van der Waals surface area contributed by atoms with Crippen LogP contribution in [0.3, 0.4) is 0 Å². The van der Waals surface area contributed by atoms with Gasteiger partial charge >= 0.3 is 0 Å². The first kappa shape index (κ1) is 15.8. The lowest BCUT2D eigenvalue weighted by molar-refractivity contribution is 0.0932. The van der Waals surface area contributed by atoms with Gasteiger partial charge in [-0.2, -0.15) is 4.98 Å². The molecule has 8 heteroatoms. The molecular formula is C17H19N5O3. The summed E-state index contributed by atoms with van der Waals surface area (Å²) in [6.07, 6.45) is 3.86. The van der Waals surface area contributed by atoms with Gasteiger partial charge in [-0.1, -0.05) is 5.16 Å². The van der Waals surface area contributed by atoms with Crippen LogP contribution in [0.15, 0.2) is 29.0 Å². The van der Waals surface area contributed by atoms with Crippen LogP contribution in [0.5, 0.6) is 0 Å². The molecule has 0 saturated heterocycles. The fourth-order valence-electron chi connectivity index (χ4n) is 2.76. The number of aliphatic hydroxyl groups excluding tert-OH is 1. The smallest absolute Gasteiger partial charge is 0.251 e. The van der Waals surface area contributed by atoms with Crippen LogP contribution in [0.4, 0.5) is 0 Å². The number of rotatable bonds is 6. The van der Waals surface area contributed by atoms with Crippen molar-refractivity contribution in [2.45, 2.75) is 38.3 Å². The molecule has 2 heterocycles. The topological polar surface area (TPSA) is 106 Å². The Morgan fingerprint density at radius 1 is 1.48 bits per heavy atom. The van der Waals surface area contributed by atoms with E-state index in [9.17, 15) is 4.79 Å². The zero-order valence-electron chi connectivity index (χ0n) is 13.8. The van der Waals surface area contributed by atoms with Crippen molar-refractivity contribution in [3.05, 3.63) is 41.8 Å². The molecule has 0 bridgehead atoms. The summed E-state index contributed by atoms with van der Waals surface area (Å²) in [6, 6.07) is 4.93. The van der Waals surface area contributed by atoms with Crippen LogP contribution in [0, 0.1) is 0 Å². The number of aliphatic hydroxyl groups is 1. The van der Waals surface area contributed by atoms with Gasteiger partial charge in [0.2, 0.25) is 5.89 Å². The summed E-state index contributed by atoms with van der Waals surface area (Å²) in [7, 11) is 0. The van der Waals surface area contributed by atoms with Gasteiger partial charge in [-0.25, -0.2) is 4.98 Å². The standard InChI is InChI=1S/C17H19N5O3/c1-10(17-20-15(21-25-17)11-2-3-11)19-16(24)12-4-5-14-13(8-12)18-9-22(14)6-7-23/h4-5,8-11,23H,2-3,6-7H2,1H3,(H,19,24)/t10-/m0/s1. The Labute approximate surface area is 143 Å². The third kappa shape index (κ3) is 3.12. The minimum atomic E-state index is -0.366. The molecule has 1 aliphatic rings. The first-order valence-electron chi connectivity index (χ1n) is 8.36. The molecule has 130 valence electrons. The van der Waals surface area contributed by atoms with Crippen molar-refractivity contribution in [1.82, 2.24) is 25.0 Å². The second kappa shape index (κ2) is 6.29. The van der Waals surface area contributed by atoms with E-state index < -0.39 is 0 Å². The number of imidazole rings is 1. The summed E-state index contributed by atoms with van der Waals surface area (Å²) < 4.78 is 7.09. The van der Waals surface area contributed by atoms with Crippen LogP contribution in [-0.4, -0.2) is 37.3 Å². The van der Waals surface area contributed by atoms with Crippen molar-refractivity contribution in [2.75, 3.05) is 6.61 Å². The zero-order chi connectivity index (χ0) is 17.4. The van der Waals surface area contributed by atoms with Crippen LogP contribution in [-0.2, 0) is 6.54 Å². The summed E-state index contributed by atoms with van der Waals surface area (Å²) in [5, 5.41) is 15.9. The maximum absolute atomic E-state index is 12.5. The summed E-state index contributed by atoms with van der Waals surface area (Å²) in [5.41, 5.74) is 2.10. The van der Waals surface area contributed by atoms with E-state index >= 15 is 0 Å². The first-order chi connectivity index (χ1) is 12.2. The summed E-state index contributed by atoms with van der Waals surface area (Å²) in [4.78, 5) is 21.1. The number of carbonyl (C=O) groups excluding carboxylic acids is 1. The molecule has 1 fully saturated rings. The molecule has 1 aromatic carbocycles. The van der Waals surface area contributed by atoms with Crippen molar-refractivity contribution in [1.29, 1.82) is 0 Å². The lowest BCUT2D eigenvalue weighted by atomic mass is 10.1. The molecule has 0 radical (unpaired) electrons. The van der Waals surface area contributed by atoms with Gasteiger partial charge in [-0.05, 0) is 38.0 Å². The zero-order valence-corrected chi connectivity index (χ0v) is 13.8. The number of hydrogen-bond acceptors (Lipinski definition) is 6. The van der Waals surface area contributed by atoms with Crippen molar-refractivity contribution in [3.63, 3.8) is 0 Å². The number of nitrogens with one attached hydrogen (secondary N) is 1. The number of aromatic nitrogens is 4. The minimum absolute atomic E-state index is 0.0399. The van der Waals surface area contributed by atoms with Gasteiger partial charge in [0, 0.05) is 18.0 Å². The van der Waals surface area contributed by atoms with Gasteiger partial charge in [-0.3, -0.25) is 4.79 Å². The molecule has 0 spiro atoms. The summed E-state index contributed by atoms with van der Waals surface area (Å²) in [6.45, 7) is 2.33. The largest absolute Gasteiger partial charge is 0.395 e. The summed E-state index contributed by atoms with van der Waals surface area (Å²) in [5.74, 6) is 1.34. The number of amides is 1. The van der Waals surface area contributed by atoms with Crippen LogP contribution < -0.4 is 5.32 Å². The maximum atomic E-state index is 12.5. The van der Waals surface area contributed by atoms with Gasteiger partial charge < -0.3 is 19.5 Å². The van der Waals surface area contributed by atoms with E-state index in [-0.39, 0.29) is 18.6 Å². The Hall–Kier alpha value is -2.74. The van der Waals surface area contributed by atoms with Gasteiger partial charge in [0.15, 0.2) is 5.82 Å². The van der Waals surface area contributed by atoms with Crippen LogP contribution in [0.2, 0.25) is 0 Å². The highest BCUT2D eigenvalue weighted by Crippen LogP contribution is 2.38. The van der Waals surface area contributed by atoms with Crippen LogP contribution in [0.1, 0.15) is 53.8 Å². The molecule has 8 nitrogen and oxygen atoms in total. The summed E-state index contributed by atoms with van der Waals surface area (Å²) >= 11 is 0. The number of carbonyl (C=O) groups is 1. The fourth-order valence-corrected chi connectivity index (χ4v) is 2.76. The highest BCUT2D eigenvalue weighted by atomic mass is 16.5. The minimum Gasteiger partial charge on any atom is -0.395 e. The molecule has 0 aliphatic heterocycles. The SMILES string of the molecule is C[C@H](NC(=O)c1ccc2c(c1)ncn2CCO)c1nc(C2CC2)no1. The second-order valence-electron chi connectivity index (χ2n) is 6.33. The Bertz CT molecular complexity index is 912. The molecule has 1 amide bonds. The van der Waals surface area contributed by atoms with E-state index in [0.29, 0.717) is 29.4 Å². The van der Waals surface area contributed by atoms with Crippen molar-refractivity contribution >= 4 is 16.9 Å². The number of nitrogens with zero attached hydrogens (tertiary/aromatic N) is 4. The van der Waals surface area contributed by atoms with E-state index in [1.54, 1.807) is 18.5 Å². The molecular weight excluding hydrogens is 322 g/mol. The fraction of sp³-hybridized carbons (Fsp3) is 0.412. The van der Waals surface area contributed by atoms with Gasteiger partial charge in [0.05, 0.1) is 24.0 Å². The molecule has 0 unspecified atom stereocenters. The van der Waals surface area contributed by atoms with Gasteiger partial charge in [0.25, 0.3) is 5.91 Å². The van der Waals surface area contributed by atoms with Crippen LogP contribution in [0.25, 0.3) is 11.0 Å². The van der Waals surface area contributed by atoms with E-state index in [0.717, 1.165) is 24.2 Å². The molecule has 4 rings (SSSR count). The van der Waals surface area contributed by atoms with Crippen LogP contribution >= 0.6 is 0 Å². The van der Waals surface area contributed by atoms with E-state index in [2.05, 4.69) is 20.4 Å². The molecule has 2 aromatic heterocycles. The number of fused-ring (bicyclic) bond motifs is 1. The molecule has 3 aromatic rings. The van der Waals surface area contributed by atoms with Crippen molar-refractivity contribution in [3.8, 4) is 0 Å². The average Bonchev–Trinajstić information content (AvgIpc) is 3.20. The van der Waals surface area contributed by atoms with E-state index in [4.69, 9.17) is 9.63 Å². The predicted octanol–water partition coefficient (Wildman–Crippen LogP) is 1.78. The maximum Gasteiger partial charge on any atom is 0.251 e. The highest BCUT2D eigenvalue weighted by molar-refractivity contribution is 5.97. The third-order valence-corrected chi connectivity index (χ3v) is 4.34. The Balaban J connectivity index is 1.48. The monoisotopic (exact) mass is 341 g/mol. The van der Waals surface area contributed by atoms with Crippen molar-refractivity contribution < 1.29 is 14.4 Å². The normalized spacial score (nSPS) is 15.4. The Kier molecular flexibility index (Phi) is 3.96. The highest BCUT2D eigenvalue weighted by Gasteiger charge is 2.29. The Morgan fingerprint density at radius 2 is 2.32 bits per heavy atom. The molecule has 1 saturated carbocycles. The predicted molar refractivity (Wildman–Crippen MR) is 89.0 cm³/mol. The van der Waals surface area contributed by atoms with E-state index in [1.807, 2.05) is 17.6 Å². The average molecular weight is 341 g/mol. The second-order valence-corrected chi connectivity index (χ2v) is 6.33. The van der Waals surface area contributed by atoms with Crippen molar-refractivity contribution in [2.24, 2.45) is 0 Å². The Morgan fingerprint density at radius 3 is 3.08 bits per heavy atom. The molecule has 25 heavy (non-hydrogen) atoms. The molecule has 2 N–H and O–H groups in total. The lowest BCUT2D eigenvalue weighted by Crippen LogP contribution is -2.26. The third-order valence-electron chi connectivity index (χ3n) is 4.34. The first-order valence-corrected chi connectivity index (χ1v) is 8.36. The lowest BCUT2D eigenvalue weighted by Gasteiger charge is -2.10. The molecule has 1 aliphatic carbocycles. The number of hydrogen-bond donors (Lipinski definition) is 2. The van der Waals surface area contributed by atoms with Gasteiger partial charge in [0.1, 0.15) is 6.04 Å². The van der Waals surface area contributed by atoms with E-state index in [1.165, 1.54) is 0 Å². The molecule has 1 atom stereocenters. The number of benzene rings is 1. The van der Waals surface area contributed by atoms with Gasteiger partial charge in [-0.15, -0.1) is 0 Å².